The third kappa shape index (κ3) is 5.31. The summed E-state index contributed by atoms with van der Waals surface area (Å²) >= 11 is 5.91. The first-order valence-electron chi connectivity index (χ1n) is 12.7. The molecule has 2 aromatic carbocycles. The largest absolute Gasteiger partial charge is 0.504 e. The smallest absolute Gasteiger partial charge is 0.417 e. The van der Waals surface area contributed by atoms with Crippen molar-refractivity contribution in [1.29, 1.82) is 0 Å². The number of Topliss-reactive ketones (excluding diaryl/α,β-unsaturated/α-hetero) is 1. The molecule has 5 nitrogen and oxygen atoms in total. The molecule has 0 radical (unpaired) electrons. The van der Waals surface area contributed by atoms with Crippen LogP contribution in [0, 0.1) is 17.7 Å². The van der Waals surface area contributed by atoms with Crippen molar-refractivity contribution >= 4 is 34.0 Å². The van der Waals surface area contributed by atoms with Crippen molar-refractivity contribution in [2.75, 3.05) is 18.9 Å². The molecule has 0 saturated heterocycles. The zero-order chi connectivity index (χ0) is 27.2. The molecule has 10 heteroatoms. The summed E-state index contributed by atoms with van der Waals surface area (Å²) in [5, 5.41) is 16.4. The standard InChI is InChI=1S/C28H28ClF4N3O2/c1-34-12-14-2-6-17(7-3-14)36-25-19-10-18(16-8-22(29)27(38)23(30)9-16)21(28(31,32)33)11-24(19)35-13-20(25)26(37)15-4-5-15/h8-11,13-15,17,34,38H,2-7,12H2,1H3,(H,35,36). The molecule has 5 rings (SSSR count). The van der Waals surface area contributed by atoms with Gasteiger partial charge in [0, 0.05) is 23.5 Å². The molecule has 38 heavy (non-hydrogen) atoms. The highest BCUT2D eigenvalue weighted by atomic mass is 35.5. The molecule has 0 amide bonds. The van der Waals surface area contributed by atoms with E-state index in [0.717, 1.165) is 63.3 Å². The first-order chi connectivity index (χ1) is 18.1. The van der Waals surface area contributed by atoms with E-state index in [0.29, 0.717) is 22.6 Å². The summed E-state index contributed by atoms with van der Waals surface area (Å²) in [4.78, 5) is 17.4. The highest BCUT2D eigenvalue weighted by molar-refractivity contribution is 6.32. The number of alkyl halides is 3. The Morgan fingerprint density at radius 1 is 1.11 bits per heavy atom. The van der Waals surface area contributed by atoms with Gasteiger partial charge in [0.15, 0.2) is 17.3 Å². The van der Waals surface area contributed by atoms with E-state index in [2.05, 4.69) is 15.6 Å². The maximum Gasteiger partial charge on any atom is 0.417 e. The van der Waals surface area contributed by atoms with Gasteiger partial charge >= 0.3 is 6.18 Å². The lowest BCUT2D eigenvalue weighted by Gasteiger charge is -2.30. The van der Waals surface area contributed by atoms with E-state index in [1.807, 2.05) is 7.05 Å². The van der Waals surface area contributed by atoms with Gasteiger partial charge in [-0.2, -0.15) is 13.2 Å². The molecular weight excluding hydrogens is 522 g/mol. The minimum atomic E-state index is -4.77. The Bertz CT molecular complexity index is 1360. The molecule has 0 aliphatic heterocycles. The van der Waals surface area contributed by atoms with Gasteiger partial charge in [-0.15, -0.1) is 0 Å². The van der Waals surface area contributed by atoms with Crippen LogP contribution in [0.25, 0.3) is 22.0 Å². The monoisotopic (exact) mass is 549 g/mol. The molecule has 202 valence electrons. The molecular formula is C28H28ClF4N3O2. The van der Waals surface area contributed by atoms with Crippen molar-refractivity contribution in [2.45, 2.75) is 50.7 Å². The van der Waals surface area contributed by atoms with Crippen LogP contribution in [0.3, 0.4) is 0 Å². The molecule has 2 fully saturated rings. The molecule has 0 bridgehead atoms. The van der Waals surface area contributed by atoms with Gasteiger partial charge in [-0.25, -0.2) is 4.39 Å². The molecule has 0 spiro atoms. The Kier molecular flexibility index (Phi) is 7.26. The van der Waals surface area contributed by atoms with Crippen LogP contribution in [0.2, 0.25) is 5.02 Å². The van der Waals surface area contributed by atoms with Crippen LogP contribution in [0.15, 0.2) is 30.5 Å². The molecule has 3 N–H and O–H groups in total. The number of aromatic hydroxyl groups is 1. The van der Waals surface area contributed by atoms with Gasteiger partial charge in [0.2, 0.25) is 0 Å². The van der Waals surface area contributed by atoms with E-state index >= 15 is 0 Å². The number of pyridine rings is 1. The van der Waals surface area contributed by atoms with Crippen LogP contribution in [0.1, 0.15) is 54.4 Å². The van der Waals surface area contributed by atoms with E-state index in [1.165, 1.54) is 12.3 Å². The topological polar surface area (TPSA) is 74.2 Å². The molecule has 0 atom stereocenters. The molecule has 1 aromatic heterocycles. The highest BCUT2D eigenvalue weighted by Gasteiger charge is 2.37. The summed E-state index contributed by atoms with van der Waals surface area (Å²) in [5.41, 5.74) is -0.577. The number of benzene rings is 2. The summed E-state index contributed by atoms with van der Waals surface area (Å²) in [6.07, 6.45) is 1.84. The molecule has 3 aromatic rings. The second-order valence-electron chi connectivity index (χ2n) is 10.3. The number of nitrogens with one attached hydrogen (secondary N) is 2. The number of anilines is 1. The average molecular weight is 550 g/mol. The fraction of sp³-hybridized carbons (Fsp3) is 0.429. The maximum absolute atomic E-state index is 14.3. The van der Waals surface area contributed by atoms with Crippen molar-refractivity contribution in [1.82, 2.24) is 10.3 Å². The van der Waals surface area contributed by atoms with Gasteiger partial charge in [0.25, 0.3) is 0 Å². The van der Waals surface area contributed by atoms with Gasteiger partial charge in [0.05, 0.1) is 27.4 Å². The number of fused-ring (bicyclic) bond motifs is 1. The lowest BCUT2D eigenvalue weighted by Crippen LogP contribution is -2.30. The van der Waals surface area contributed by atoms with E-state index in [1.54, 1.807) is 0 Å². The summed E-state index contributed by atoms with van der Waals surface area (Å²) in [5.74, 6) is -1.60. The minimum Gasteiger partial charge on any atom is -0.504 e. The van der Waals surface area contributed by atoms with Crippen LogP contribution in [0.5, 0.6) is 5.75 Å². The van der Waals surface area contributed by atoms with Crippen LogP contribution in [-0.2, 0) is 6.18 Å². The lowest BCUT2D eigenvalue weighted by atomic mass is 9.85. The van der Waals surface area contributed by atoms with E-state index in [9.17, 15) is 27.5 Å². The van der Waals surface area contributed by atoms with Gasteiger partial charge in [-0.3, -0.25) is 9.78 Å². The van der Waals surface area contributed by atoms with E-state index < -0.39 is 28.3 Å². The third-order valence-electron chi connectivity index (χ3n) is 7.54. The van der Waals surface area contributed by atoms with E-state index in [-0.39, 0.29) is 34.4 Å². The second kappa shape index (κ2) is 10.3. The number of phenolic OH excluding ortho intramolecular Hbond substituents is 1. The average Bonchev–Trinajstić information content (AvgIpc) is 3.72. The minimum absolute atomic E-state index is 0.0470. The highest BCUT2D eigenvalue weighted by Crippen LogP contribution is 2.44. The summed E-state index contributed by atoms with van der Waals surface area (Å²) in [6, 6.07) is 4.18. The van der Waals surface area contributed by atoms with Crippen LogP contribution in [0.4, 0.5) is 23.2 Å². The summed E-state index contributed by atoms with van der Waals surface area (Å²) in [7, 11) is 1.92. The molecule has 0 unspecified atom stereocenters. The van der Waals surface area contributed by atoms with Gasteiger partial charge in [-0.1, -0.05) is 11.6 Å². The normalized spacial score (nSPS) is 20.1. The van der Waals surface area contributed by atoms with Crippen molar-refractivity contribution in [2.24, 2.45) is 11.8 Å². The predicted octanol–water partition coefficient (Wildman–Crippen LogP) is 7.20. The quantitative estimate of drug-likeness (QED) is 0.215. The fourth-order valence-electron chi connectivity index (χ4n) is 5.34. The Balaban J connectivity index is 1.66. The Hall–Kier alpha value is -2.91. The predicted molar refractivity (Wildman–Crippen MR) is 139 cm³/mol. The Labute approximate surface area is 222 Å². The number of nitrogens with zero attached hydrogens (tertiary/aromatic N) is 1. The summed E-state index contributed by atoms with van der Waals surface area (Å²) < 4.78 is 56.8. The maximum atomic E-state index is 14.3. The molecule has 2 saturated carbocycles. The number of hydrogen-bond acceptors (Lipinski definition) is 5. The number of rotatable bonds is 7. The number of carbonyl (C=O) groups is 1. The lowest BCUT2D eigenvalue weighted by molar-refractivity contribution is -0.137. The summed E-state index contributed by atoms with van der Waals surface area (Å²) in [6.45, 7) is 0.922. The van der Waals surface area contributed by atoms with Crippen molar-refractivity contribution in [3.63, 3.8) is 0 Å². The molecule has 2 aliphatic carbocycles. The molecule has 2 aliphatic rings. The van der Waals surface area contributed by atoms with Gasteiger partial charge in [-0.05, 0) is 93.4 Å². The zero-order valence-electron chi connectivity index (χ0n) is 20.8. The second-order valence-corrected chi connectivity index (χ2v) is 10.7. The van der Waals surface area contributed by atoms with Crippen LogP contribution in [-0.4, -0.2) is 35.5 Å². The fourth-order valence-corrected chi connectivity index (χ4v) is 5.55. The number of aromatic nitrogens is 1. The number of halogens is 5. The van der Waals surface area contributed by atoms with Crippen molar-refractivity contribution in [3.8, 4) is 16.9 Å². The van der Waals surface area contributed by atoms with Crippen molar-refractivity contribution < 1.29 is 27.5 Å². The van der Waals surface area contributed by atoms with E-state index in [4.69, 9.17) is 11.6 Å². The number of phenols is 1. The van der Waals surface area contributed by atoms with Crippen LogP contribution >= 0.6 is 11.6 Å². The SMILES string of the molecule is CNCC1CCC(Nc2c(C(=O)C3CC3)cnc3cc(C(F)(F)F)c(-c4cc(F)c(O)c(Cl)c4)cc23)CC1. The third-order valence-corrected chi connectivity index (χ3v) is 7.83. The number of carbonyl (C=O) groups excluding carboxylic acids is 1. The number of hydrogen-bond donors (Lipinski definition) is 3. The molecule has 1 heterocycles. The Morgan fingerprint density at radius 3 is 2.42 bits per heavy atom. The first kappa shape index (κ1) is 26.7. The van der Waals surface area contributed by atoms with Crippen LogP contribution < -0.4 is 10.6 Å². The van der Waals surface area contributed by atoms with Crippen molar-refractivity contribution in [3.05, 3.63) is 52.4 Å². The Morgan fingerprint density at radius 2 is 1.82 bits per heavy atom. The zero-order valence-corrected chi connectivity index (χ0v) is 21.5. The van der Waals surface area contributed by atoms with Gasteiger partial charge in [0.1, 0.15) is 0 Å². The van der Waals surface area contributed by atoms with Gasteiger partial charge < -0.3 is 15.7 Å². The number of ketones is 1. The first-order valence-corrected chi connectivity index (χ1v) is 13.1.